The lowest BCUT2D eigenvalue weighted by Crippen LogP contribution is -2.15. The quantitative estimate of drug-likeness (QED) is 0.837. The first kappa shape index (κ1) is 17.0. The fourth-order valence-electron chi connectivity index (χ4n) is 1.92. The Balaban J connectivity index is 1.88. The number of amides is 1. The van der Waals surface area contributed by atoms with Gasteiger partial charge in [0.2, 0.25) is 5.91 Å². The number of rotatable bonds is 7. The van der Waals surface area contributed by atoms with Gasteiger partial charge in [0.05, 0.1) is 32.9 Å². The van der Waals surface area contributed by atoms with Crippen LogP contribution in [0, 0.1) is 0 Å². The Morgan fingerprint density at radius 3 is 2.39 bits per heavy atom. The van der Waals surface area contributed by atoms with Crippen LogP contribution in [0.25, 0.3) is 0 Å². The summed E-state index contributed by atoms with van der Waals surface area (Å²) in [6.45, 7) is 0.264. The average molecular weight is 336 g/mol. The van der Waals surface area contributed by atoms with Gasteiger partial charge in [-0.25, -0.2) is 0 Å². The third-order valence-electron chi connectivity index (χ3n) is 3.09. The molecule has 6 heteroatoms. The van der Waals surface area contributed by atoms with Crippen LogP contribution in [0.2, 0.25) is 5.02 Å². The fourth-order valence-corrected chi connectivity index (χ4v) is 2.04. The van der Waals surface area contributed by atoms with Gasteiger partial charge in [-0.15, -0.1) is 0 Å². The third kappa shape index (κ3) is 5.07. The van der Waals surface area contributed by atoms with Crippen LogP contribution in [-0.2, 0) is 4.79 Å². The van der Waals surface area contributed by atoms with Gasteiger partial charge >= 0.3 is 0 Å². The van der Waals surface area contributed by atoms with Crippen molar-refractivity contribution in [2.75, 3.05) is 26.1 Å². The van der Waals surface area contributed by atoms with Crippen molar-refractivity contribution in [3.05, 3.63) is 47.5 Å². The summed E-state index contributed by atoms with van der Waals surface area (Å²) in [7, 11) is 3.11. The maximum absolute atomic E-state index is 12.0. The van der Waals surface area contributed by atoms with Crippen LogP contribution in [0.3, 0.4) is 0 Å². The van der Waals surface area contributed by atoms with E-state index in [-0.39, 0.29) is 18.9 Å². The van der Waals surface area contributed by atoms with Crippen molar-refractivity contribution in [1.29, 1.82) is 0 Å². The highest BCUT2D eigenvalue weighted by atomic mass is 35.5. The molecule has 23 heavy (non-hydrogen) atoms. The Kier molecular flexibility index (Phi) is 6.11. The Morgan fingerprint density at radius 2 is 1.74 bits per heavy atom. The van der Waals surface area contributed by atoms with Crippen LogP contribution in [-0.4, -0.2) is 26.7 Å². The fraction of sp³-hybridized carbons (Fsp3) is 0.235. The summed E-state index contributed by atoms with van der Waals surface area (Å²) in [5.74, 6) is 1.70. The minimum atomic E-state index is -0.175. The highest BCUT2D eigenvalue weighted by Gasteiger charge is 2.09. The third-order valence-corrected chi connectivity index (χ3v) is 3.34. The number of benzene rings is 2. The zero-order chi connectivity index (χ0) is 16.7. The van der Waals surface area contributed by atoms with E-state index in [4.69, 9.17) is 25.8 Å². The van der Waals surface area contributed by atoms with Crippen LogP contribution < -0.4 is 19.5 Å². The second-order valence-corrected chi connectivity index (χ2v) is 5.10. The molecule has 0 radical (unpaired) electrons. The molecule has 1 amide bonds. The largest absolute Gasteiger partial charge is 0.497 e. The van der Waals surface area contributed by atoms with Crippen molar-refractivity contribution >= 4 is 23.2 Å². The predicted molar refractivity (Wildman–Crippen MR) is 89.7 cm³/mol. The number of carbonyl (C=O) groups excluding carboxylic acids is 1. The maximum Gasteiger partial charge on any atom is 0.227 e. The number of hydrogen-bond acceptors (Lipinski definition) is 4. The van der Waals surface area contributed by atoms with Gasteiger partial charge in [0, 0.05) is 11.1 Å². The lowest BCUT2D eigenvalue weighted by atomic mass is 10.2. The van der Waals surface area contributed by atoms with Crippen LogP contribution >= 0.6 is 11.6 Å². The summed E-state index contributed by atoms with van der Waals surface area (Å²) in [4.78, 5) is 12.0. The molecule has 1 N–H and O–H groups in total. The van der Waals surface area contributed by atoms with E-state index in [2.05, 4.69) is 5.32 Å². The summed E-state index contributed by atoms with van der Waals surface area (Å²) in [6, 6.07) is 12.2. The van der Waals surface area contributed by atoms with Crippen LogP contribution in [0.1, 0.15) is 6.42 Å². The normalized spacial score (nSPS) is 10.0. The van der Waals surface area contributed by atoms with Gasteiger partial charge < -0.3 is 19.5 Å². The predicted octanol–water partition coefficient (Wildman–Crippen LogP) is 3.76. The zero-order valence-corrected chi connectivity index (χ0v) is 13.7. The number of methoxy groups -OCH3 is 2. The van der Waals surface area contributed by atoms with Crippen molar-refractivity contribution in [2.45, 2.75) is 6.42 Å². The first-order valence-electron chi connectivity index (χ1n) is 7.02. The Labute approximate surface area is 140 Å². The molecule has 0 unspecified atom stereocenters. The van der Waals surface area contributed by atoms with Gasteiger partial charge in [-0.1, -0.05) is 11.6 Å². The Bertz CT molecular complexity index is 658. The smallest absolute Gasteiger partial charge is 0.227 e. The number of halogens is 1. The average Bonchev–Trinajstić information content (AvgIpc) is 2.56. The van der Waals surface area contributed by atoms with E-state index in [9.17, 15) is 4.79 Å². The molecular formula is C17H18ClNO4. The van der Waals surface area contributed by atoms with Crippen LogP contribution in [0.15, 0.2) is 42.5 Å². The van der Waals surface area contributed by atoms with Crippen molar-refractivity contribution in [3.63, 3.8) is 0 Å². The van der Waals surface area contributed by atoms with Crippen LogP contribution in [0.4, 0.5) is 5.69 Å². The molecule has 2 rings (SSSR count). The molecule has 0 saturated heterocycles. The molecule has 0 saturated carbocycles. The number of nitrogens with one attached hydrogen (secondary N) is 1. The van der Waals surface area contributed by atoms with E-state index >= 15 is 0 Å². The van der Waals surface area contributed by atoms with E-state index in [1.54, 1.807) is 56.7 Å². The second kappa shape index (κ2) is 8.29. The molecule has 0 aliphatic carbocycles. The minimum Gasteiger partial charge on any atom is -0.497 e. The molecule has 0 spiro atoms. The summed E-state index contributed by atoms with van der Waals surface area (Å²) >= 11 is 5.80. The van der Waals surface area contributed by atoms with Gasteiger partial charge in [-0.3, -0.25) is 4.79 Å². The van der Waals surface area contributed by atoms with Gasteiger partial charge in [-0.2, -0.15) is 0 Å². The summed E-state index contributed by atoms with van der Waals surface area (Å²) < 4.78 is 15.9. The van der Waals surface area contributed by atoms with Gasteiger partial charge in [0.1, 0.15) is 17.2 Å². The molecule has 5 nitrogen and oxygen atoms in total. The summed E-state index contributed by atoms with van der Waals surface area (Å²) in [5.41, 5.74) is 0.559. The number of anilines is 1. The summed E-state index contributed by atoms with van der Waals surface area (Å²) in [6.07, 6.45) is 0.211. The standard InChI is InChI=1S/C17H18ClNO4/c1-21-14-7-8-16(22-2)15(11-14)19-17(20)9-10-23-13-5-3-12(18)4-6-13/h3-8,11H,9-10H2,1-2H3,(H,19,20). The molecule has 0 aromatic heterocycles. The van der Waals surface area contributed by atoms with E-state index in [1.165, 1.54) is 0 Å². The van der Waals surface area contributed by atoms with E-state index in [0.29, 0.717) is 28.0 Å². The van der Waals surface area contributed by atoms with Gasteiger partial charge in [0.25, 0.3) is 0 Å². The van der Waals surface area contributed by atoms with E-state index in [0.717, 1.165) is 0 Å². The van der Waals surface area contributed by atoms with Crippen molar-refractivity contribution in [3.8, 4) is 17.2 Å². The Morgan fingerprint density at radius 1 is 1.04 bits per heavy atom. The van der Waals surface area contributed by atoms with Crippen molar-refractivity contribution in [1.82, 2.24) is 0 Å². The first-order chi connectivity index (χ1) is 11.1. The molecule has 2 aromatic carbocycles. The molecule has 0 aliphatic rings. The highest BCUT2D eigenvalue weighted by Crippen LogP contribution is 2.28. The highest BCUT2D eigenvalue weighted by molar-refractivity contribution is 6.30. The second-order valence-electron chi connectivity index (χ2n) is 4.67. The van der Waals surface area contributed by atoms with Crippen LogP contribution in [0.5, 0.6) is 17.2 Å². The SMILES string of the molecule is COc1ccc(OC)c(NC(=O)CCOc2ccc(Cl)cc2)c1. The molecule has 122 valence electrons. The molecular weight excluding hydrogens is 318 g/mol. The molecule has 0 fully saturated rings. The first-order valence-corrected chi connectivity index (χ1v) is 7.40. The molecule has 0 heterocycles. The Hall–Kier alpha value is -2.40. The summed E-state index contributed by atoms with van der Waals surface area (Å²) in [5, 5.41) is 3.43. The van der Waals surface area contributed by atoms with E-state index in [1.807, 2.05) is 0 Å². The lowest BCUT2D eigenvalue weighted by molar-refractivity contribution is -0.116. The van der Waals surface area contributed by atoms with Gasteiger partial charge in [-0.05, 0) is 36.4 Å². The zero-order valence-electron chi connectivity index (χ0n) is 13.0. The van der Waals surface area contributed by atoms with Crippen molar-refractivity contribution in [2.24, 2.45) is 0 Å². The maximum atomic E-state index is 12.0. The molecule has 0 aliphatic heterocycles. The number of ether oxygens (including phenoxy) is 3. The van der Waals surface area contributed by atoms with Crippen molar-refractivity contribution < 1.29 is 19.0 Å². The monoisotopic (exact) mass is 335 g/mol. The molecule has 2 aromatic rings. The number of carbonyl (C=O) groups is 1. The van der Waals surface area contributed by atoms with Gasteiger partial charge in [0.15, 0.2) is 0 Å². The topological polar surface area (TPSA) is 56.8 Å². The lowest BCUT2D eigenvalue weighted by Gasteiger charge is -2.12. The number of hydrogen-bond donors (Lipinski definition) is 1. The molecule has 0 bridgehead atoms. The minimum absolute atomic E-state index is 0.175. The van der Waals surface area contributed by atoms with E-state index < -0.39 is 0 Å². The molecule has 0 atom stereocenters.